The minimum atomic E-state index is 0.439. The van der Waals surface area contributed by atoms with Crippen molar-refractivity contribution >= 4 is 11.8 Å². The fourth-order valence-electron chi connectivity index (χ4n) is 3.03. The molecule has 0 aliphatic heterocycles. The second-order valence-electron chi connectivity index (χ2n) is 5.29. The molecule has 1 aromatic heterocycles. The Bertz CT molecular complexity index is 538. The highest BCUT2D eigenvalue weighted by atomic mass is 32.2. The Morgan fingerprint density at radius 1 is 1.25 bits per heavy atom. The van der Waals surface area contributed by atoms with E-state index >= 15 is 0 Å². The molecule has 0 fully saturated rings. The van der Waals surface area contributed by atoms with Crippen LogP contribution in [0.15, 0.2) is 47.1 Å². The molecule has 0 radical (unpaired) electrons. The third-order valence-corrected chi connectivity index (χ3v) is 5.41. The zero-order valence-electron chi connectivity index (χ0n) is 11.8. The number of benzene rings is 1. The van der Waals surface area contributed by atoms with Crippen molar-refractivity contribution < 1.29 is 4.42 Å². The first kappa shape index (κ1) is 13.8. The van der Waals surface area contributed by atoms with Gasteiger partial charge in [0.2, 0.25) is 0 Å². The van der Waals surface area contributed by atoms with Gasteiger partial charge >= 0.3 is 0 Å². The Hall–Kier alpha value is -1.19. The van der Waals surface area contributed by atoms with Crippen molar-refractivity contribution in [1.82, 2.24) is 5.32 Å². The summed E-state index contributed by atoms with van der Waals surface area (Å²) in [5, 5.41) is 4.13. The number of rotatable bonds is 4. The number of furan rings is 1. The average Bonchev–Trinajstić information content (AvgIpc) is 2.93. The first-order valence-corrected chi connectivity index (χ1v) is 8.32. The van der Waals surface area contributed by atoms with Crippen LogP contribution in [-0.2, 0) is 12.2 Å². The van der Waals surface area contributed by atoms with E-state index in [1.54, 1.807) is 6.26 Å². The molecule has 1 aliphatic carbocycles. The molecular formula is C17H21NOS. The van der Waals surface area contributed by atoms with E-state index in [4.69, 9.17) is 4.42 Å². The molecule has 2 unspecified atom stereocenters. The predicted molar refractivity (Wildman–Crippen MR) is 85.0 cm³/mol. The molecule has 20 heavy (non-hydrogen) atoms. The summed E-state index contributed by atoms with van der Waals surface area (Å²) < 4.78 is 5.45. The number of thioether (sulfide) groups is 1. The number of fused-ring (bicyclic) bond motifs is 1. The van der Waals surface area contributed by atoms with Gasteiger partial charge in [-0.15, -0.1) is 11.8 Å². The first-order chi connectivity index (χ1) is 9.88. The molecule has 1 heterocycles. The maximum Gasteiger partial charge on any atom is 0.113 e. The van der Waals surface area contributed by atoms with Crippen LogP contribution in [0.1, 0.15) is 35.8 Å². The number of aryl methyl sites for hydroxylation is 1. The molecule has 0 spiro atoms. The van der Waals surface area contributed by atoms with E-state index in [1.165, 1.54) is 30.4 Å². The van der Waals surface area contributed by atoms with Gasteiger partial charge < -0.3 is 9.73 Å². The summed E-state index contributed by atoms with van der Waals surface area (Å²) in [6.45, 7) is 0. The Labute approximate surface area is 125 Å². The van der Waals surface area contributed by atoms with Gasteiger partial charge in [0.05, 0.1) is 12.0 Å². The van der Waals surface area contributed by atoms with Crippen molar-refractivity contribution in [3.8, 4) is 0 Å². The van der Waals surface area contributed by atoms with Gasteiger partial charge in [-0.05, 0) is 49.6 Å². The van der Waals surface area contributed by atoms with Crippen LogP contribution in [-0.4, -0.2) is 12.3 Å². The Kier molecular flexibility index (Phi) is 4.48. The van der Waals surface area contributed by atoms with Gasteiger partial charge in [0.1, 0.15) is 5.76 Å². The second kappa shape index (κ2) is 6.51. The Morgan fingerprint density at radius 2 is 2.15 bits per heavy atom. The molecule has 2 atom stereocenters. The smallest absolute Gasteiger partial charge is 0.113 e. The van der Waals surface area contributed by atoms with Crippen molar-refractivity contribution in [3.63, 3.8) is 0 Å². The number of nitrogens with one attached hydrogen (secondary N) is 1. The normalized spacial score (nSPS) is 22.2. The highest BCUT2D eigenvalue weighted by molar-refractivity contribution is 7.99. The molecule has 1 aromatic carbocycles. The topological polar surface area (TPSA) is 25.2 Å². The minimum absolute atomic E-state index is 0.439. The van der Waals surface area contributed by atoms with Crippen LogP contribution in [0, 0.1) is 0 Å². The zero-order valence-corrected chi connectivity index (χ0v) is 12.7. The lowest BCUT2D eigenvalue weighted by atomic mass is 9.99. The summed E-state index contributed by atoms with van der Waals surface area (Å²) in [7, 11) is 2.08. The van der Waals surface area contributed by atoms with Crippen LogP contribution < -0.4 is 5.32 Å². The van der Waals surface area contributed by atoms with E-state index in [-0.39, 0.29) is 0 Å². The standard InChI is InChI=1S/C17H21NOS/c1-18-17-15-9-3-2-6-13(15)7-4-10-16(17)20-12-14-8-5-11-19-14/h2-3,5-6,8-9,11,16-18H,4,7,10,12H2,1H3. The molecule has 1 N–H and O–H groups in total. The fraction of sp³-hybridized carbons (Fsp3) is 0.412. The van der Waals surface area contributed by atoms with Crippen LogP contribution >= 0.6 is 11.8 Å². The highest BCUT2D eigenvalue weighted by Gasteiger charge is 2.26. The van der Waals surface area contributed by atoms with Crippen LogP contribution in [0.4, 0.5) is 0 Å². The van der Waals surface area contributed by atoms with Crippen molar-refractivity contribution in [2.24, 2.45) is 0 Å². The lowest BCUT2D eigenvalue weighted by Gasteiger charge is -2.25. The minimum Gasteiger partial charge on any atom is -0.468 e. The quantitative estimate of drug-likeness (QED) is 0.854. The Balaban J connectivity index is 1.76. The highest BCUT2D eigenvalue weighted by Crippen LogP contribution is 2.36. The molecule has 106 valence electrons. The summed E-state index contributed by atoms with van der Waals surface area (Å²) in [6.07, 6.45) is 5.48. The van der Waals surface area contributed by atoms with E-state index in [9.17, 15) is 0 Å². The summed E-state index contributed by atoms with van der Waals surface area (Å²) in [5.74, 6) is 2.03. The molecule has 0 bridgehead atoms. The molecule has 1 aliphatic rings. The average molecular weight is 287 g/mol. The molecular weight excluding hydrogens is 266 g/mol. The third kappa shape index (κ3) is 2.94. The van der Waals surface area contributed by atoms with E-state index in [1.807, 2.05) is 17.8 Å². The lowest BCUT2D eigenvalue weighted by molar-refractivity contribution is 0.525. The molecule has 2 aromatic rings. The number of hydrogen-bond donors (Lipinski definition) is 1. The molecule has 3 heteroatoms. The van der Waals surface area contributed by atoms with Gasteiger partial charge in [-0.3, -0.25) is 0 Å². The monoisotopic (exact) mass is 287 g/mol. The van der Waals surface area contributed by atoms with E-state index in [2.05, 4.69) is 42.7 Å². The van der Waals surface area contributed by atoms with Gasteiger partial charge in [0, 0.05) is 11.3 Å². The van der Waals surface area contributed by atoms with Crippen LogP contribution in [0.5, 0.6) is 0 Å². The van der Waals surface area contributed by atoms with Crippen molar-refractivity contribution in [3.05, 3.63) is 59.5 Å². The number of hydrogen-bond acceptors (Lipinski definition) is 3. The van der Waals surface area contributed by atoms with Gasteiger partial charge in [-0.1, -0.05) is 24.3 Å². The lowest BCUT2D eigenvalue weighted by Crippen LogP contribution is -2.27. The van der Waals surface area contributed by atoms with Crippen LogP contribution in [0.2, 0.25) is 0 Å². The van der Waals surface area contributed by atoms with Crippen LogP contribution in [0.3, 0.4) is 0 Å². The molecule has 0 saturated heterocycles. The third-order valence-electron chi connectivity index (χ3n) is 4.03. The van der Waals surface area contributed by atoms with Crippen molar-refractivity contribution in [2.45, 2.75) is 36.3 Å². The largest absolute Gasteiger partial charge is 0.468 e. The summed E-state index contributed by atoms with van der Waals surface area (Å²) in [5.41, 5.74) is 2.98. The molecule has 2 nitrogen and oxygen atoms in total. The summed E-state index contributed by atoms with van der Waals surface area (Å²) >= 11 is 2.01. The molecule has 3 rings (SSSR count). The van der Waals surface area contributed by atoms with Gasteiger partial charge in [-0.25, -0.2) is 0 Å². The van der Waals surface area contributed by atoms with Crippen molar-refractivity contribution in [1.29, 1.82) is 0 Å². The SMILES string of the molecule is CNC1c2ccccc2CCCC1SCc1ccco1. The zero-order chi connectivity index (χ0) is 13.8. The second-order valence-corrected chi connectivity index (χ2v) is 6.51. The van der Waals surface area contributed by atoms with Crippen LogP contribution in [0.25, 0.3) is 0 Å². The summed E-state index contributed by atoms with van der Waals surface area (Å²) in [6, 6.07) is 13.3. The summed E-state index contributed by atoms with van der Waals surface area (Å²) in [4.78, 5) is 0. The molecule has 0 amide bonds. The van der Waals surface area contributed by atoms with Gasteiger partial charge in [0.15, 0.2) is 0 Å². The fourth-order valence-corrected chi connectivity index (χ4v) is 4.38. The van der Waals surface area contributed by atoms with Gasteiger partial charge in [0.25, 0.3) is 0 Å². The van der Waals surface area contributed by atoms with Gasteiger partial charge in [-0.2, -0.15) is 0 Å². The predicted octanol–water partition coefficient (Wildman–Crippen LogP) is 4.18. The van der Waals surface area contributed by atoms with E-state index in [0.29, 0.717) is 11.3 Å². The maximum atomic E-state index is 5.45. The van der Waals surface area contributed by atoms with Crippen molar-refractivity contribution in [2.75, 3.05) is 7.05 Å². The first-order valence-electron chi connectivity index (χ1n) is 7.27. The van der Waals surface area contributed by atoms with E-state index in [0.717, 1.165) is 11.5 Å². The maximum absolute atomic E-state index is 5.45. The molecule has 0 saturated carbocycles. The Morgan fingerprint density at radius 3 is 2.95 bits per heavy atom. The van der Waals surface area contributed by atoms with E-state index < -0.39 is 0 Å².